The fourth-order valence-corrected chi connectivity index (χ4v) is 1.98. The molecule has 0 aliphatic carbocycles. The third-order valence-corrected chi connectivity index (χ3v) is 2.95. The van der Waals surface area contributed by atoms with Gasteiger partial charge in [0.15, 0.2) is 0 Å². The highest BCUT2D eigenvalue weighted by Gasteiger charge is 2.09. The van der Waals surface area contributed by atoms with Gasteiger partial charge in [-0.25, -0.2) is 5.90 Å². The summed E-state index contributed by atoms with van der Waals surface area (Å²) in [5.74, 6) is 5.32. The quantitative estimate of drug-likeness (QED) is 0.592. The second-order valence-electron chi connectivity index (χ2n) is 3.03. The van der Waals surface area contributed by atoms with Crippen molar-refractivity contribution < 1.29 is 9.94 Å². The molecule has 0 spiro atoms. The number of phenols is 1. The van der Waals surface area contributed by atoms with E-state index in [-0.39, 0.29) is 0 Å². The van der Waals surface area contributed by atoms with E-state index in [0.717, 1.165) is 16.0 Å². The van der Waals surface area contributed by atoms with E-state index in [2.05, 4.69) is 4.84 Å². The van der Waals surface area contributed by atoms with Gasteiger partial charge in [0.2, 0.25) is 0 Å². The Labute approximate surface area is 88.2 Å². The molecule has 4 heteroatoms. The molecule has 0 heterocycles. The van der Waals surface area contributed by atoms with E-state index in [1.165, 1.54) is 0 Å². The summed E-state index contributed by atoms with van der Waals surface area (Å²) >= 11 is 1.61. The highest BCUT2D eigenvalue weighted by molar-refractivity contribution is 7.98. The molecule has 0 aromatic heterocycles. The van der Waals surface area contributed by atoms with Gasteiger partial charge < -0.3 is 9.94 Å². The molecule has 1 rings (SSSR count). The zero-order valence-electron chi connectivity index (χ0n) is 8.41. The highest BCUT2D eigenvalue weighted by Crippen LogP contribution is 2.31. The van der Waals surface area contributed by atoms with Gasteiger partial charge >= 0.3 is 0 Å². The maximum Gasteiger partial charge on any atom is 0.122 e. The fraction of sp³-hybridized carbons (Fsp3) is 0.400. The molecule has 0 amide bonds. The maximum atomic E-state index is 9.83. The molecule has 0 bridgehead atoms. The van der Waals surface area contributed by atoms with Crippen LogP contribution in [0.25, 0.3) is 0 Å². The lowest BCUT2D eigenvalue weighted by molar-refractivity contribution is 0.140. The second kappa shape index (κ2) is 5.24. The SMILES string of the molecule is CSc1ccc(C)c(O)c1CCON. The van der Waals surface area contributed by atoms with Crippen LogP contribution in [0.1, 0.15) is 11.1 Å². The van der Waals surface area contributed by atoms with E-state index in [9.17, 15) is 5.11 Å². The molecular formula is C10H15NO2S. The van der Waals surface area contributed by atoms with E-state index in [1.54, 1.807) is 11.8 Å². The first-order chi connectivity index (χ1) is 6.70. The summed E-state index contributed by atoms with van der Waals surface area (Å²) in [5, 5.41) is 9.83. The molecule has 0 aliphatic heterocycles. The number of rotatable bonds is 4. The van der Waals surface area contributed by atoms with E-state index < -0.39 is 0 Å². The molecule has 14 heavy (non-hydrogen) atoms. The van der Waals surface area contributed by atoms with Crippen molar-refractivity contribution in [3.63, 3.8) is 0 Å². The maximum absolute atomic E-state index is 9.83. The van der Waals surface area contributed by atoms with Crippen LogP contribution >= 0.6 is 11.8 Å². The molecule has 0 saturated carbocycles. The van der Waals surface area contributed by atoms with Crippen LogP contribution in [0.2, 0.25) is 0 Å². The van der Waals surface area contributed by atoms with E-state index in [1.807, 2.05) is 25.3 Å². The number of thioether (sulfide) groups is 1. The Hall–Kier alpha value is -0.710. The predicted molar refractivity (Wildman–Crippen MR) is 58.5 cm³/mol. The number of benzene rings is 1. The topological polar surface area (TPSA) is 55.5 Å². The third kappa shape index (κ3) is 2.41. The van der Waals surface area contributed by atoms with Crippen LogP contribution in [0, 0.1) is 6.92 Å². The fourth-order valence-electron chi connectivity index (χ4n) is 1.33. The zero-order valence-corrected chi connectivity index (χ0v) is 9.23. The first-order valence-corrected chi connectivity index (χ1v) is 5.60. The zero-order chi connectivity index (χ0) is 10.6. The number of aromatic hydroxyl groups is 1. The Balaban J connectivity index is 3.01. The van der Waals surface area contributed by atoms with Crippen molar-refractivity contribution in [2.24, 2.45) is 5.90 Å². The Morgan fingerprint density at radius 2 is 2.21 bits per heavy atom. The molecule has 0 fully saturated rings. The van der Waals surface area contributed by atoms with Crippen LogP contribution in [0.15, 0.2) is 17.0 Å². The standard InChI is InChI=1S/C10H15NO2S/c1-7-3-4-9(14-2)8(10(7)12)5-6-13-11/h3-4,12H,5-6,11H2,1-2H3. The normalized spacial score (nSPS) is 10.5. The van der Waals surface area contributed by atoms with E-state index >= 15 is 0 Å². The molecule has 1 aromatic carbocycles. The molecular weight excluding hydrogens is 198 g/mol. The monoisotopic (exact) mass is 213 g/mol. The van der Waals surface area contributed by atoms with Crippen LogP contribution in [0.4, 0.5) is 0 Å². The average Bonchev–Trinajstić information content (AvgIpc) is 2.20. The Morgan fingerprint density at radius 1 is 1.50 bits per heavy atom. The molecule has 0 unspecified atom stereocenters. The minimum atomic E-state index is 0.355. The van der Waals surface area contributed by atoms with Crippen molar-refractivity contribution in [1.29, 1.82) is 0 Å². The molecule has 1 aromatic rings. The van der Waals surface area contributed by atoms with E-state index in [0.29, 0.717) is 18.8 Å². The van der Waals surface area contributed by atoms with Crippen LogP contribution in [-0.4, -0.2) is 18.0 Å². The van der Waals surface area contributed by atoms with Gasteiger partial charge in [-0.1, -0.05) is 6.07 Å². The molecule has 3 N–H and O–H groups in total. The molecule has 78 valence electrons. The van der Waals surface area contributed by atoms with Gasteiger partial charge in [0, 0.05) is 16.9 Å². The van der Waals surface area contributed by atoms with Crippen molar-refractivity contribution in [3.8, 4) is 5.75 Å². The van der Waals surface area contributed by atoms with Crippen molar-refractivity contribution >= 4 is 11.8 Å². The van der Waals surface area contributed by atoms with Gasteiger partial charge in [-0.05, 0) is 24.8 Å². The first-order valence-electron chi connectivity index (χ1n) is 4.37. The Morgan fingerprint density at radius 3 is 2.79 bits per heavy atom. The van der Waals surface area contributed by atoms with Gasteiger partial charge in [-0.15, -0.1) is 11.8 Å². The lowest BCUT2D eigenvalue weighted by atomic mass is 10.1. The lowest BCUT2D eigenvalue weighted by Gasteiger charge is -2.11. The number of phenolic OH excluding ortho intramolecular Hbond substituents is 1. The van der Waals surface area contributed by atoms with Crippen LogP contribution in [-0.2, 0) is 11.3 Å². The summed E-state index contributed by atoms with van der Waals surface area (Å²) in [5.41, 5.74) is 1.80. The van der Waals surface area contributed by atoms with Gasteiger partial charge in [-0.2, -0.15) is 0 Å². The summed E-state index contributed by atoms with van der Waals surface area (Å²) < 4.78 is 0. The summed E-state index contributed by atoms with van der Waals surface area (Å²) in [4.78, 5) is 5.59. The van der Waals surface area contributed by atoms with Crippen molar-refractivity contribution in [3.05, 3.63) is 23.3 Å². The largest absolute Gasteiger partial charge is 0.507 e. The van der Waals surface area contributed by atoms with Gasteiger partial charge in [0.25, 0.3) is 0 Å². The Bertz CT molecular complexity index is 315. The predicted octanol–water partition coefficient (Wildman–Crippen LogP) is 1.86. The number of hydrogen-bond acceptors (Lipinski definition) is 4. The Kier molecular flexibility index (Phi) is 4.25. The first kappa shape index (κ1) is 11.4. The van der Waals surface area contributed by atoms with Crippen LogP contribution in [0.3, 0.4) is 0 Å². The summed E-state index contributed by atoms with van der Waals surface area (Å²) in [7, 11) is 0. The summed E-state index contributed by atoms with van der Waals surface area (Å²) in [6.45, 7) is 2.30. The summed E-state index contributed by atoms with van der Waals surface area (Å²) in [6, 6.07) is 3.92. The lowest BCUT2D eigenvalue weighted by Crippen LogP contribution is -2.05. The van der Waals surface area contributed by atoms with E-state index in [4.69, 9.17) is 5.90 Å². The van der Waals surface area contributed by atoms with Gasteiger partial charge in [-0.3, -0.25) is 0 Å². The minimum Gasteiger partial charge on any atom is -0.507 e. The smallest absolute Gasteiger partial charge is 0.122 e. The highest BCUT2D eigenvalue weighted by atomic mass is 32.2. The molecule has 0 aliphatic rings. The molecule has 0 atom stereocenters. The van der Waals surface area contributed by atoms with Gasteiger partial charge in [0.1, 0.15) is 5.75 Å². The summed E-state index contributed by atoms with van der Waals surface area (Å²) in [6.07, 6.45) is 2.62. The number of hydrogen-bond donors (Lipinski definition) is 2. The minimum absolute atomic E-state index is 0.355. The van der Waals surface area contributed by atoms with Crippen LogP contribution in [0.5, 0.6) is 5.75 Å². The second-order valence-corrected chi connectivity index (χ2v) is 3.88. The molecule has 0 saturated heterocycles. The van der Waals surface area contributed by atoms with Crippen molar-refractivity contribution in [2.75, 3.05) is 12.9 Å². The van der Waals surface area contributed by atoms with Crippen LogP contribution < -0.4 is 5.90 Å². The number of nitrogens with two attached hydrogens (primary N) is 1. The average molecular weight is 213 g/mol. The van der Waals surface area contributed by atoms with Crippen molar-refractivity contribution in [2.45, 2.75) is 18.2 Å². The number of aryl methyl sites for hydroxylation is 1. The van der Waals surface area contributed by atoms with Crippen molar-refractivity contribution in [1.82, 2.24) is 0 Å². The molecule has 0 radical (unpaired) electrons. The third-order valence-electron chi connectivity index (χ3n) is 2.13. The molecule has 3 nitrogen and oxygen atoms in total. The van der Waals surface area contributed by atoms with Gasteiger partial charge in [0.05, 0.1) is 6.61 Å².